The molecule has 0 aromatic heterocycles. The molecule has 1 atom stereocenters. The van der Waals surface area contributed by atoms with Gasteiger partial charge in [-0.15, -0.1) is 0 Å². The summed E-state index contributed by atoms with van der Waals surface area (Å²) in [6.45, 7) is 1.83. The number of benzene rings is 1. The Morgan fingerprint density at radius 3 is 2.94 bits per heavy atom. The molecule has 2 N–H and O–H groups in total. The number of ether oxygens (including phenoxy) is 1. The fraction of sp³-hybridized carbons (Fsp3) is 0.571. The van der Waals surface area contributed by atoms with Gasteiger partial charge in [0.15, 0.2) is 0 Å². The van der Waals surface area contributed by atoms with Crippen molar-refractivity contribution in [3.8, 4) is 5.75 Å². The summed E-state index contributed by atoms with van der Waals surface area (Å²) < 4.78 is 5.19. The average molecular weight is 269 g/mol. The lowest BCUT2D eigenvalue weighted by Crippen LogP contribution is -2.40. The molecule has 100 valence electrons. The van der Waals surface area contributed by atoms with Crippen LogP contribution in [-0.2, 0) is 0 Å². The van der Waals surface area contributed by atoms with Gasteiger partial charge in [0.2, 0.25) is 0 Å². The molecule has 1 saturated heterocycles. The number of hydrogen-bond acceptors (Lipinski definition) is 3. The Balaban J connectivity index is 2.19. The predicted octanol–water partition coefficient (Wildman–Crippen LogP) is 3.06. The summed E-state index contributed by atoms with van der Waals surface area (Å²) in [5.74, 6) is 0.729. The van der Waals surface area contributed by atoms with Crippen LogP contribution in [0.1, 0.15) is 25.7 Å². The van der Waals surface area contributed by atoms with E-state index in [1.807, 2.05) is 12.1 Å². The van der Waals surface area contributed by atoms with Gasteiger partial charge in [0, 0.05) is 18.3 Å². The van der Waals surface area contributed by atoms with Gasteiger partial charge in [-0.25, -0.2) is 0 Å². The van der Waals surface area contributed by atoms with Crippen LogP contribution in [-0.4, -0.2) is 26.2 Å². The summed E-state index contributed by atoms with van der Waals surface area (Å²) in [6, 6.07) is 6.56. The monoisotopic (exact) mass is 268 g/mol. The smallest absolute Gasteiger partial charge is 0.137 e. The van der Waals surface area contributed by atoms with Crippen molar-refractivity contribution in [1.82, 2.24) is 0 Å². The largest absolute Gasteiger partial charge is 0.495 e. The Bertz CT molecular complexity index is 395. The molecule has 1 fully saturated rings. The molecule has 2 rings (SSSR count). The van der Waals surface area contributed by atoms with Crippen LogP contribution in [0.15, 0.2) is 18.2 Å². The Hall–Kier alpha value is -0.930. The minimum Gasteiger partial charge on any atom is -0.495 e. The van der Waals surface area contributed by atoms with Crippen molar-refractivity contribution < 1.29 is 4.74 Å². The van der Waals surface area contributed by atoms with Crippen molar-refractivity contribution in [1.29, 1.82) is 0 Å². The van der Waals surface area contributed by atoms with Crippen LogP contribution in [0, 0.1) is 0 Å². The predicted molar refractivity (Wildman–Crippen MR) is 76.7 cm³/mol. The van der Waals surface area contributed by atoms with Crippen molar-refractivity contribution >= 4 is 17.3 Å². The number of nitrogens with zero attached hydrogens (tertiary/aromatic N) is 1. The van der Waals surface area contributed by atoms with E-state index in [-0.39, 0.29) is 0 Å². The summed E-state index contributed by atoms with van der Waals surface area (Å²) in [5.41, 5.74) is 6.88. The van der Waals surface area contributed by atoms with Crippen molar-refractivity contribution in [2.24, 2.45) is 5.73 Å². The molecular weight excluding hydrogens is 248 g/mol. The molecule has 1 heterocycles. The average Bonchev–Trinajstić information content (AvgIpc) is 2.40. The zero-order chi connectivity index (χ0) is 13.0. The van der Waals surface area contributed by atoms with Gasteiger partial charge in [0.05, 0.1) is 12.1 Å². The van der Waals surface area contributed by atoms with E-state index in [2.05, 4.69) is 11.0 Å². The van der Waals surface area contributed by atoms with Crippen LogP contribution >= 0.6 is 11.6 Å². The first kappa shape index (κ1) is 13.5. The third kappa shape index (κ3) is 2.90. The van der Waals surface area contributed by atoms with Crippen LogP contribution in [0.4, 0.5) is 5.69 Å². The van der Waals surface area contributed by atoms with Crippen LogP contribution in [0.2, 0.25) is 5.02 Å². The van der Waals surface area contributed by atoms with Gasteiger partial charge < -0.3 is 15.4 Å². The zero-order valence-electron chi connectivity index (χ0n) is 10.9. The zero-order valence-corrected chi connectivity index (χ0v) is 11.6. The van der Waals surface area contributed by atoms with Crippen LogP contribution in [0.5, 0.6) is 5.75 Å². The third-order valence-electron chi connectivity index (χ3n) is 3.59. The molecule has 1 unspecified atom stereocenters. The minimum atomic E-state index is 0.549. The number of piperidine rings is 1. The van der Waals surface area contributed by atoms with E-state index in [9.17, 15) is 0 Å². The summed E-state index contributed by atoms with van der Waals surface area (Å²) in [6.07, 6.45) is 4.81. The molecule has 0 aliphatic carbocycles. The topological polar surface area (TPSA) is 38.5 Å². The van der Waals surface area contributed by atoms with Gasteiger partial charge in [0.1, 0.15) is 5.75 Å². The van der Waals surface area contributed by atoms with E-state index in [4.69, 9.17) is 22.1 Å². The molecule has 4 heteroatoms. The van der Waals surface area contributed by atoms with Gasteiger partial charge in [-0.2, -0.15) is 0 Å². The molecule has 18 heavy (non-hydrogen) atoms. The van der Waals surface area contributed by atoms with E-state index in [1.165, 1.54) is 24.9 Å². The second-order valence-electron chi connectivity index (χ2n) is 4.74. The van der Waals surface area contributed by atoms with Gasteiger partial charge in [-0.05, 0) is 50.4 Å². The molecule has 0 radical (unpaired) electrons. The highest BCUT2D eigenvalue weighted by atomic mass is 35.5. The number of halogens is 1. The molecule has 3 nitrogen and oxygen atoms in total. The van der Waals surface area contributed by atoms with E-state index < -0.39 is 0 Å². The first-order valence-electron chi connectivity index (χ1n) is 6.56. The molecule has 1 aliphatic rings. The summed E-state index contributed by atoms with van der Waals surface area (Å²) in [7, 11) is 1.64. The molecule has 0 bridgehead atoms. The molecule has 0 amide bonds. The number of anilines is 1. The second-order valence-corrected chi connectivity index (χ2v) is 5.15. The minimum absolute atomic E-state index is 0.549. The lowest BCUT2D eigenvalue weighted by Gasteiger charge is -2.37. The lowest BCUT2D eigenvalue weighted by molar-refractivity contribution is 0.414. The standard InChI is InChI=1S/C14H21ClN2O/c1-18-14-6-5-12(10-13(14)15)17-9-3-2-4-11(17)7-8-16/h5-6,10-11H,2-4,7-9,16H2,1H3. The van der Waals surface area contributed by atoms with Gasteiger partial charge in [-0.1, -0.05) is 11.6 Å². The number of nitrogens with two attached hydrogens (primary N) is 1. The lowest BCUT2D eigenvalue weighted by atomic mass is 9.98. The van der Waals surface area contributed by atoms with E-state index in [0.717, 1.165) is 25.3 Å². The summed E-state index contributed by atoms with van der Waals surface area (Å²) in [4.78, 5) is 2.43. The van der Waals surface area contributed by atoms with E-state index in [1.54, 1.807) is 7.11 Å². The van der Waals surface area contributed by atoms with Gasteiger partial charge in [-0.3, -0.25) is 0 Å². The Kier molecular flexibility index (Phi) is 4.72. The molecular formula is C14H21ClN2O. The van der Waals surface area contributed by atoms with E-state index >= 15 is 0 Å². The Morgan fingerprint density at radius 1 is 1.44 bits per heavy atom. The normalized spacial score (nSPS) is 19.9. The summed E-state index contributed by atoms with van der Waals surface area (Å²) >= 11 is 6.20. The molecule has 0 saturated carbocycles. The van der Waals surface area contributed by atoms with Gasteiger partial charge in [0.25, 0.3) is 0 Å². The van der Waals surface area contributed by atoms with Crippen LogP contribution in [0.25, 0.3) is 0 Å². The summed E-state index contributed by atoms with van der Waals surface area (Å²) in [5, 5.41) is 0.673. The van der Waals surface area contributed by atoms with Crippen molar-refractivity contribution in [2.45, 2.75) is 31.7 Å². The first-order chi connectivity index (χ1) is 8.76. The van der Waals surface area contributed by atoms with Crippen molar-refractivity contribution in [2.75, 3.05) is 25.1 Å². The van der Waals surface area contributed by atoms with E-state index in [0.29, 0.717) is 11.1 Å². The fourth-order valence-electron chi connectivity index (χ4n) is 2.67. The maximum absolute atomic E-state index is 6.20. The second kappa shape index (κ2) is 6.30. The number of hydrogen-bond donors (Lipinski definition) is 1. The number of rotatable bonds is 4. The fourth-order valence-corrected chi connectivity index (χ4v) is 2.92. The number of methoxy groups -OCH3 is 1. The first-order valence-corrected chi connectivity index (χ1v) is 6.94. The van der Waals surface area contributed by atoms with Crippen LogP contribution < -0.4 is 15.4 Å². The van der Waals surface area contributed by atoms with Crippen molar-refractivity contribution in [3.63, 3.8) is 0 Å². The highest BCUT2D eigenvalue weighted by Crippen LogP contribution is 2.32. The SMILES string of the molecule is COc1ccc(N2CCCCC2CCN)cc1Cl. The highest BCUT2D eigenvalue weighted by molar-refractivity contribution is 6.32. The maximum Gasteiger partial charge on any atom is 0.137 e. The van der Waals surface area contributed by atoms with Crippen molar-refractivity contribution in [3.05, 3.63) is 23.2 Å². The molecule has 1 aliphatic heterocycles. The van der Waals surface area contributed by atoms with Gasteiger partial charge >= 0.3 is 0 Å². The highest BCUT2D eigenvalue weighted by Gasteiger charge is 2.22. The maximum atomic E-state index is 6.20. The van der Waals surface area contributed by atoms with Crippen LogP contribution in [0.3, 0.4) is 0 Å². The third-order valence-corrected chi connectivity index (χ3v) is 3.89. The quantitative estimate of drug-likeness (QED) is 0.912. The molecule has 1 aromatic rings. The Morgan fingerprint density at radius 2 is 2.28 bits per heavy atom. The molecule has 1 aromatic carbocycles. The Labute approximate surface area is 114 Å². The molecule has 0 spiro atoms.